The van der Waals surface area contributed by atoms with Crippen LogP contribution in [0.15, 0.2) is 82.5 Å². The highest BCUT2D eigenvalue weighted by Gasteiger charge is 2.17. The third-order valence-corrected chi connectivity index (χ3v) is 5.92. The van der Waals surface area contributed by atoms with Crippen LogP contribution in [0.25, 0.3) is 22.0 Å². The number of benzene rings is 3. The van der Waals surface area contributed by atoms with E-state index in [1.54, 1.807) is 11.8 Å². The van der Waals surface area contributed by atoms with Gasteiger partial charge in [-0.05, 0) is 29.3 Å². The van der Waals surface area contributed by atoms with Crippen molar-refractivity contribution in [3.63, 3.8) is 0 Å². The minimum atomic E-state index is -0.0664. The zero-order valence-electron chi connectivity index (χ0n) is 15.0. The summed E-state index contributed by atoms with van der Waals surface area (Å²) in [6, 6.07) is 23.9. The number of pyridine rings is 1. The van der Waals surface area contributed by atoms with Crippen molar-refractivity contribution in [2.45, 2.75) is 10.6 Å². The SMILES string of the molecule is O=c1[nH]c2ccccc2c(-c2ccccc2)c1SCc1ccc2c(c1)OCO2. The van der Waals surface area contributed by atoms with Crippen molar-refractivity contribution in [3.05, 3.63) is 88.7 Å². The van der Waals surface area contributed by atoms with E-state index in [-0.39, 0.29) is 12.4 Å². The van der Waals surface area contributed by atoms with Gasteiger partial charge in [-0.2, -0.15) is 0 Å². The Labute approximate surface area is 166 Å². The molecule has 0 bridgehead atoms. The lowest BCUT2D eigenvalue weighted by Gasteiger charge is -2.13. The lowest BCUT2D eigenvalue weighted by Crippen LogP contribution is -2.10. The summed E-state index contributed by atoms with van der Waals surface area (Å²) in [5.41, 5.74) is 3.88. The van der Waals surface area contributed by atoms with E-state index >= 15 is 0 Å². The Kier molecular flexibility index (Phi) is 4.29. The Morgan fingerprint density at radius 1 is 0.893 bits per heavy atom. The standard InChI is InChI=1S/C23H17NO3S/c25-23-22(28-13-15-10-11-19-20(12-15)27-14-26-19)21(16-6-2-1-3-7-16)17-8-4-5-9-18(17)24-23/h1-12H,13-14H2,(H,24,25). The maximum atomic E-state index is 12.9. The molecule has 28 heavy (non-hydrogen) atoms. The lowest BCUT2D eigenvalue weighted by molar-refractivity contribution is 0.174. The van der Waals surface area contributed by atoms with Crippen molar-refractivity contribution in [2.24, 2.45) is 0 Å². The van der Waals surface area contributed by atoms with Gasteiger partial charge < -0.3 is 14.5 Å². The molecular formula is C23H17NO3S. The van der Waals surface area contributed by atoms with Crippen molar-refractivity contribution in [2.75, 3.05) is 6.79 Å². The number of aromatic nitrogens is 1. The van der Waals surface area contributed by atoms with Gasteiger partial charge >= 0.3 is 0 Å². The number of hydrogen-bond acceptors (Lipinski definition) is 4. The van der Waals surface area contributed by atoms with Crippen LogP contribution in [0, 0.1) is 0 Å². The van der Waals surface area contributed by atoms with Crippen LogP contribution >= 0.6 is 11.8 Å². The van der Waals surface area contributed by atoms with Crippen LogP contribution in [0.2, 0.25) is 0 Å². The van der Waals surface area contributed by atoms with Gasteiger partial charge in [0, 0.05) is 22.2 Å². The van der Waals surface area contributed by atoms with E-state index in [0.717, 1.165) is 44.0 Å². The lowest BCUT2D eigenvalue weighted by atomic mass is 10.0. The summed E-state index contributed by atoms with van der Waals surface area (Å²) in [5.74, 6) is 2.19. The van der Waals surface area contributed by atoms with Crippen molar-refractivity contribution >= 4 is 22.7 Å². The third-order valence-electron chi connectivity index (χ3n) is 4.76. The summed E-state index contributed by atoms with van der Waals surface area (Å²) < 4.78 is 10.8. The summed E-state index contributed by atoms with van der Waals surface area (Å²) in [6.07, 6.45) is 0. The minimum Gasteiger partial charge on any atom is -0.454 e. The second kappa shape index (κ2) is 7.09. The number of para-hydroxylation sites is 1. The molecule has 0 atom stereocenters. The molecule has 0 fully saturated rings. The monoisotopic (exact) mass is 387 g/mol. The molecule has 1 aliphatic heterocycles. The van der Waals surface area contributed by atoms with E-state index in [0.29, 0.717) is 5.75 Å². The van der Waals surface area contributed by atoms with Gasteiger partial charge in [-0.3, -0.25) is 4.79 Å². The van der Waals surface area contributed by atoms with Gasteiger partial charge in [0.2, 0.25) is 6.79 Å². The first-order valence-electron chi connectivity index (χ1n) is 9.01. The highest BCUT2D eigenvalue weighted by molar-refractivity contribution is 7.98. The van der Waals surface area contributed by atoms with Crippen LogP contribution in [-0.4, -0.2) is 11.8 Å². The fourth-order valence-corrected chi connectivity index (χ4v) is 4.49. The molecule has 0 saturated heterocycles. The first kappa shape index (κ1) is 17.0. The Bertz CT molecular complexity index is 1220. The summed E-state index contributed by atoms with van der Waals surface area (Å²) in [5, 5.41) is 1.04. The molecule has 2 heterocycles. The second-order valence-electron chi connectivity index (χ2n) is 6.55. The Hall–Kier alpha value is -3.18. The van der Waals surface area contributed by atoms with E-state index in [2.05, 4.69) is 11.1 Å². The number of H-pyrrole nitrogens is 1. The molecule has 5 rings (SSSR count). The van der Waals surface area contributed by atoms with Crippen molar-refractivity contribution in [3.8, 4) is 22.6 Å². The topological polar surface area (TPSA) is 51.3 Å². The van der Waals surface area contributed by atoms with Crippen molar-refractivity contribution in [1.29, 1.82) is 0 Å². The van der Waals surface area contributed by atoms with Gasteiger partial charge in [0.25, 0.3) is 5.56 Å². The molecule has 0 radical (unpaired) electrons. The van der Waals surface area contributed by atoms with Gasteiger partial charge in [0.1, 0.15) is 0 Å². The molecule has 3 aromatic carbocycles. The van der Waals surface area contributed by atoms with E-state index < -0.39 is 0 Å². The molecule has 4 nitrogen and oxygen atoms in total. The number of ether oxygens (including phenoxy) is 2. The summed E-state index contributed by atoms with van der Waals surface area (Å²) in [7, 11) is 0. The number of aromatic amines is 1. The van der Waals surface area contributed by atoms with Gasteiger partial charge in [0.15, 0.2) is 11.5 Å². The number of hydrogen-bond donors (Lipinski definition) is 1. The molecule has 4 aromatic rings. The highest BCUT2D eigenvalue weighted by Crippen LogP contribution is 2.37. The second-order valence-corrected chi connectivity index (χ2v) is 7.53. The first-order chi connectivity index (χ1) is 13.8. The number of fused-ring (bicyclic) bond motifs is 2. The minimum absolute atomic E-state index is 0.0664. The van der Waals surface area contributed by atoms with Crippen LogP contribution in [-0.2, 0) is 5.75 Å². The zero-order valence-corrected chi connectivity index (χ0v) is 15.8. The van der Waals surface area contributed by atoms with Crippen LogP contribution in [0.3, 0.4) is 0 Å². The Balaban J connectivity index is 1.59. The molecule has 1 N–H and O–H groups in total. The van der Waals surface area contributed by atoms with E-state index in [1.165, 1.54) is 0 Å². The first-order valence-corrected chi connectivity index (χ1v) is 10.00. The maximum Gasteiger partial charge on any atom is 0.262 e. The predicted octanol–water partition coefficient (Wildman–Crippen LogP) is 5.22. The summed E-state index contributed by atoms with van der Waals surface area (Å²) in [6.45, 7) is 0.258. The normalized spacial score (nSPS) is 12.4. The molecule has 138 valence electrons. The van der Waals surface area contributed by atoms with Crippen LogP contribution in [0.1, 0.15) is 5.56 Å². The van der Waals surface area contributed by atoms with Gasteiger partial charge in [-0.25, -0.2) is 0 Å². The van der Waals surface area contributed by atoms with Crippen molar-refractivity contribution < 1.29 is 9.47 Å². The molecule has 0 amide bonds. The highest BCUT2D eigenvalue weighted by atomic mass is 32.2. The molecule has 0 unspecified atom stereocenters. The van der Waals surface area contributed by atoms with Gasteiger partial charge in [-0.1, -0.05) is 54.6 Å². The van der Waals surface area contributed by atoms with Crippen LogP contribution in [0.5, 0.6) is 11.5 Å². The molecule has 1 aromatic heterocycles. The van der Waals surface area contributed by atoms with Gasteiger partial charge in [-0.15, -0.1) is 11.8 Å². The van der Waals surface area contributed by atoms with Crippen molar-refractivity contribution in [1.82, 2.24) is 4.98 Å². The number of thioether (sulfide) groups is 1. The largest absolute Gasteiger partial charge is 0.454 e. The van der Waals surface area contributed by atoms with Gasteiger partial charge in [0.05, 0.1) is 4.90 Å². The third kappa shape index (κ3) is 3.04. The molecule has 1 aliphatic rings. The quantitative estimate of drug-likeness (QED) is 0.488. The van der Waals surface area contributed by atoms with Crippen LogP contribution in [0.4, 0.5) is 0 Å². The zero-order chi connectivity index (χ0) is 18.9. The average Bonchev–Trinajstić information content (AvgIpc) is 3.20. The van der Waals surface area contributed by atoms with E-state index in [1.807, 2.05) is 66.7 Å². The summed E-state index contributed by atoms with van der Waals surface area (Å²) in [4.78, 5) is 16.7. The number of nitrogens with one attached hydrogen (secondary N) is 1. The fourth-order valence-electron chi connectivity index (χ4n) is 3.44. The Morgan fingerprint density at radius 3 is 2.57 bits per heavy atom. The molecule has 5 heteroatoms. The van der Waals surface area contributed by atoms with Crippen LogP contribution < -0.4 is 15.0 Å². The molecule has 0 spiro atoms. The predicted molar refractivity (Wildman–Crippen MR) is 112 cm³/mol. The molecule has 0 aliphatic carbocycles. The molecule has 0 saturated carbocycles. The maximum absolute atomic E-state index is 12.9. The number of rotatable bonds is 4. The van der Waals surface area contributed by atoms with E-state index in [4.69, 9.17) is 9.47 Å². The smallest absolute Gasteiger partial charge is 0.262 e. The molecular weight excluding hydrogens is 370 g/mol. The summed E-state index contributed by atoms with van der Waals surface area (Å²) >= 11 is 1.54. The van der Waals surface area contributed by atoms with E-state index in [9.17, 15) is 4.79 Å². The Morgan fingerprint density at radius 2 is 1.68 bits per heavy atom. The fraction of sp³-hybridized carbons (Fsp3) is 0.0870. The average molecular weight is 387 g/mol.